The predicted octanol–water partition coefficient (Wildman–Crippen LogP) is 4.45. The summed E-state index contributed by atoms with van der Waals surface area (Å²) in [5, 5.41) is 11.3. The van der Waals surface area contributed by atoms with Crippen molar-refractivity contribution in [3.63, 3.8) is 0 Å². The van der Waals surface area contributed by atoms with E-state index < -0.39 is 6.10 Å². The molecule has 0 bridgehead atoms. The minimum absolute atomic E-state index is 0.271. The lowest BCUT2D eigenvalue weighted by atomic mass is 9.73. The molecule has 0 heterocycles. The second kappa shape index (κ2) is 6.15. The summed E-state index contributed by atoms with van der Waals surface area (Å²) < 4.78 is 5.35. The van der Waals surface area contributed by atoms with Crippen molar-refractivity contribution in [2.24, 2.45) is 17.8 Å². The van der Waals surface area contributed by atoms with Gasteiger partial charge in [-0.3, -0.25) is 0 Å². The van der Waals surface area contributed by atoms with Crippen molar-refractivity contribution < 1.29 is 9.84 Å². The molecule has 0 aliphatic heterocycles. The number of rotatable bonds is 3. The molecule has 2 rings (SSSR count). The molecule has 106 valence electrons. The predicted molar refractivity (Wildman–Crippen MR) is 78.6 cm³/mol. The number of hydrogen-bond donors (Lipinski definition) is 1. The first-order valence-corrected chi connectivity index (χ1v) is 7.41. The fourth-order valence-electron chi connectivity index (χ4n) is 3.48. The van der Waals surface area contributed by atoms with Gasteiger partial charge in [-0.2, -0.15) is 0 Å². The lowest BCUT2D eigenvalue weighted by molar-refractivity contribution is 0.0535. The number of halogens is 1. The zero-order valence-corrected chi connectivity index (χ0v) is 12.7. The largest absolute Gasteiger partial charge is 0.496 e. The van der Waals surface area contributed by atoms with Crippen molar-refractivity contribution in [1.29, 1.82) is 0 Å². The minimum Gasteiger partial charge on any atom is -0.496 e. The van der Waals surface area contributed by atoms with Crippen molar-refractivity contribution in [3.05, 3.63) is 28.8 Å². The maximum Gasteiger partial charge on any atom is 0.126 e. The van der Waals surface area contributed by atoms with Crippen LogP contribution in [0.4, 0.5) is 0 Å². The molecule has 0 aromatic heterocycles. The molecule has 0 saturated heterocycles. The Morgan fingerprint density at radius 3 is 2.42 bits per heavy atom. The second-order valence-corrected chi connectivity index (χ2v) is 6.39. The quantitative estimate of drug-likeness (QED) is 0.887. The van der Waals surface area contributed by atoms with E-state index in [4.69, 9.17) is 16.3 Å². The third-order valence-electron chi connectivity index (χ3n) is 4.19. The van der Waals surface area contributed by atoms with Crippen molar-refractivity contribution in [2.45, 2.75) is 39.2 Å². The van der Waals surface area contributed by atoms with Gasteiger partial charge in [0.2, 0.25) is 0 Å². The second-order valence-electron chi connectivity index (χ2n) is 5.98. The number of aliphatic hydroxyl groups excluding tert-OH is 1. The summed E-state index contributed by atoms with van der Waals surface area (Å²) in [6.07, 6.45) is 2.83. The normalized spacial score (nSPS) is 29.0. The van der Waals surface area contributed by atoms with Crippen LogP contribution in [0.3, 0.4) is 0 Å². The first-order valence-electron chi connectivity index (χ1n) is 7.03. The highest BCUT2D eigenvalue weighted by molar-refractivity contribution is 6.31. The van der Waals surface area contributed by atoms with Gasteiger partial charge in [-0.1, -0.05) is 31.5 Å². The molecule has 3 heteroatoms. The van der Waals surface area contributed by atoms with E-state index in [1.165, 1.54) is 6.42 Å². The van der Waals surface area contributed by atoms with Crippen molar-refractivity contribution in [3.8, 4) is 5.75 Å². The van der Waals surface area contributed by atoms with E-state index in [0.717, 1.165) is 18.4 Å². The van der Waals surface area contributed by atoms with Crippen LogP contribution in [0.2, 0.25) is 5.02 Å². The summed E-state index contributed by atoms with van der Waals surface area (Å²) in [4.78, 5) is 0. The van der Waals surface area contributed by atoms with Gasteiger partial charge in [-0.05, 0) is 49.1 Å². The molecular weight excluding hydrogens is 260 g/mol. The summed E-state index contributed by atoms with van der Waals surface area (Å²) in [6, 6.07) is 5.53. The summed E-state index contributed by atoms with van der Waals surface area (Å²) in [5.41, 5.74) is 0.748. The Kier molecular flexibility index (Phi) is 4.75. The lowest BCUT2D eigenvalue weighted by Crippen LogP contribution is -2.25. The van der Waals surface area contributed by atoms with Gasteiger partial charge >= 0.3 is 0 Å². The van der Waals surface area contributed by atoms with Crippen LogP contribution in [-0.4, -0.2) is 12.2 Å². The van der Waals surface area contributed by atoms with Crippen LogP contribution in [-0.2, 0) is 0 Å². The van der Waals surface area contributed by atoms with Gasteiger partial charge in [-0.15, -0.1) is 0 Å². The standard InChI is InChI=1S/C16H23ClO2/c1-10-7-11(2)9-12(8-10)16(18)15-13(17)5-4-6-14(15)19-3/h4-6,10-12,16,18H,7-9H2,1-3H3. The maximum absolute atomic E-state index is 10.7. The number of aliphatic hydroxyl groups is 1. The van der Waals surface area contributed by atoms with Crippen molar-refractivity contribution in [1.82, 2.24) is 0 Å². The molecule has 0 radical (unpaired) electrons. The van der Waals surface area contributed by atoms with Crippen molar-refractivity contribution in [2.75, 3.05) is 7.11 Å². The Hall–Kier alpha value is -0.730. The Labute approximate surface area is 120 Å². The first-order chi connectivity index (χ1) is 9.02. The Balaban J connectivity index is 2.26. The molecule has 19 heavy (non-hydrogen) atoms. The molecule has 3 unspecified atom stereocenters. The van der Waals surface area contributed by atoms with E-state index in [9.17, 15) is 5.11 Å². The molecule has 0 amide bonds. The van der Waals surface area contributed by atoms with Gasteiger partial charge in [0.25, 0.3) is 0 Å². The van der Waals surface area contributed by atoms with E-state index in [1.54, 1.807) is 7.11 Å². The average molecular weight is 283 g/mol. The molecule has 0 spiro atoms. The van der Waals surface area contributed by atoms with Crippen LogP contribution in [0.25, 0.3) is 0 Å². The smallest absolute Gasteiger partial charge is 0.126 e. The minimum atomic E-state index is -0.533. The summed E-state index contributed by atoms with van der Waals surface area (Å²) in [5.74, 6) is 2.28. The maximum atomic E-state index is 10.7. The average Bonchev–Trinajstić information content (AvgIpc) is 2.36. The molecule has 1 saturated carbocycles. The van der Waals surface area contributed by atoms with Crippen LogP contribution in [0.5, 0.6) is 5.75 Å². The molecular formula is C16H23ClO2. The van der Waals surface area contributed by atoms with Crippen LogP contribution in [0.1, 0.15) is 44.8 Å². The number of ether oxygens (including phenoxy) is 1. The topological polar surface area (TPSA) is 29.5 Å². The SMILES string of the molecule is COc1cccc(Cl)c1C(O)C1CC(C)CC(C)C1. The lowest BCUT2D eigenvalue weighted by Gasteiger charge is -2.35. The summed E-state index contributed by atoms with van der Waals surface area (Å²) >= 11 is 6.26. The molecule has 1 N–H and O–H groups in total. The highest BCUT2D eigenvalue weighted by atomic mass is 35.5. The van der Waals surface area contributed by atoms with E-state index in [2.05, 4.69) is 13.8 Å². The van der Waals surface area contributed by atoms with E-state index in [-0.39, 0.29) is 5.92 Å². The Morgan fingerprint density at radius 2 is 1.84 bits per heavy atom. The van der Waals surface area contributed by atoms with Gasteiger partial charge in [-0.25, -0.2) is 0 Å². The monoisotopic (exact) mass is 282 g/mol. The molecule has 2 nitrogen and oxygen atoms in total. The number of hydrogen-bond acceptors (Lipinski definition) is 2. The number of methoxy groups -OCH3 is 1. The molecule has 1 aromatic carbocycles. The van der Waals surface area contributed by atoms with Gasteiger partial charge in [0.1, 0.15) is 5.75 Å². The first kappa shape index (κ1) is 14.7. The zero-order chi connectivity index (χ0) is 14.0. The fourth-order valence-corrected chi connectivity index (χ4v) is 3.76. The molecule has 3 atom stereocenters. The van der Waals surface area contributed by atoms with E-state index in [1.807, 2.05) is 18.2 Å². The van der Waals surface area contributed by atoms with Crippen LogP contribution in [0, 0.1) is 17.8 Å². The molecule has 1 aromatic rings. The van der Waals surface area contributed by atoms with E-state index in [0.29, 0.717) is 22.6 Å². The van der Waals surface area contributed by atoms with Gasteiger partial charge in [0.15, 0.2) is 0 Å². The third-order valence-corrected chi connectivity index (χ3v) is 4.52. The van der Waals surface area contributed by atoms with Crippen LogP contribution >= 0.6 is 11.6 Å². The molecule has 1 aliphatic rings. The fraction of sp³-hybridized carbons (Fsp3) is 0.625. The highest BCUT2D eigenvalue weighted by Crippen LogP contribution is 2.43. The Morgan fingerprint density at radius 1 is 1.21 bits per heavy atom. The van der Waals surface area contributed by atoms with Gasteiger partial charge in [0.05, 0.1) is 18.2 Å². The Bertz CT molecular complexity index is 423. The summed E-state index contributed by atoms with van der Waals surface area (Å²) in [6.45, 7) is 4.53. The summed E-state index contributed by atoms with van der Waals surface area (Å²) in [7, 11) is 1.62. The van der Waals surface area contributed by atoms with E-state index >= 15 is 0 Å². The van der Waals surface area contributed by atoms with Crippen molar-refractivity contribution >= 4 is 11.6 Å². The highest BCUT2D eigenvalue weighted by Gasteiger charge is 2.32. The zero-order valence-electron chi connectivity index (χ0n) is 11.9. The number of benzene rings is 1. The molecule has 1 aliphatic carbocycles. The van der Waals surface area contributed by atoms with Gasteiger partial charge < -0.3 is 9.84 Å². The third kappa shape index (κ3) is 3.24. The van der Waals surface area contributed by atoms with Gasteiger partial charge in [0, 0.05) is 5.56 Å². The van der Waals surface area contributed by atoms with Crippen LogP contribution in [0.15, 0.2) is 18.2 Å². The van der Waals surface area contributed by atoms with Crippen LogP contribution < -0.4 is 4.74 Å². The molecule has 1 fully saturated rings.